The number of esters is 2. The molecule has 0 radical (unpaired) electrons. The molecule has 2 aromatic rings. The lowest BCUT2D eigenvalue weighted by atomic mass is 9.80. The number of hydrogen-bond donors (Lipinski definition) is 1. The number of nitro groups is 1. The van der Waals surface area contributed by atoms with Crippen LogP contribution in [0.1, 0.15) is 43.4 Å². The quantitative estimate of drug-likeness (QED) is 0.341. The van der Waals surface area contributed by atoms with Crippen molar-refractivity contribution in [2.45, 2.75) is 46.0 Å². The van der Waals surface area contributed by atoms with E-state index in [1.165, 1.54) is 36.4 Å². The van der Waals surface area contributed by atoms with E-state index in [4.69, 9.17) is 21.1 Å². The van der Waals surface area contributed by atoms with Crippen LogP contribution < -0.4 is 5.32 Å². The van der Waals surface area contributed by atoms with E-state index in [0.717, 1.165) is 0 Å². The van der Waals surface area contributed by atoms with Crippen LogP contribution in [-0.2, 0) is 32.2 Å². The molecule has 2 aliphatic heterocycles. The molecular weight excluding hydrogens is 486 g/mol. The Kier molecular flexibility index (Phi) is 7.14. The number of rotatable bonds is 6. The number of hydrogen-bond acceptors (Lipinski definition) is 8. The molecule has 1 N–H and O–H groups in total. The maximum absolute atomic E-state index is 13.6. The molecule has 36 heavy (non-hydrogen) atoms. The molecule has 2 atom stereocenters. The molecule has 2 heterocycles. The maximum Gasteiger partial charge on any atom is 0.338 e. The predicted molar refractivity (Wildman–Crippen MR) is 133 cm³/mol. The second-order valence-electron chi connectivity index (χ2n) is 8.77. The van der Waals surface area contributed by atoms with Crippen LogP contribution in [0.4, 0.5) is 5.69 Å². The highest BCUT2D eigenvalue weighted by atomic mass is 35.5. The van der Waals surface area contributed by atoms with Crippen molar-refractivity contribution in [3.05, 3.63) is 96.8 Å². The lowest BCUT2D eigenvalue weighted by molar-refractivity contribution is -0.384. The summed E-state index contributed by atoms with van der Waals surface area (Å²) in [5.74, 6) is -2.38. The van der Waals surface area contributed by atoms with Gasteiger partial charge in [0.25, 0.3) is 5.69 Å². The second kappa shape index (κ2) is 10.1. The van der Waals surface area contributed by atoms with E-state index in [9.17, 15) is 19.7 Å². The van der Waals surface area contributed by atoms with E-state index >= 15 is 0 Å². The summed E-state index contributed by atoms with van der Waals surface area (Å²) in [7, 11) is 1.23. The molecule has 4 rings (SSSR count). The second-order valence-corrected chi connectivity index (χ2v) is 9.18. The molecule has 2 unspecified atom stereocenters. The van der Waals surface area contributed by atoms with Crippen LogP contribution in [-0.4, -0.2) is 35.1 Å². The molecule has 0 fully saturated rings. The fraction of sp³-hybridized carbons (Fsp3) is 0.308. The number of fused-ring (bicyclic) bond motifs is 1. The normalized spacial score (nSPS) is 18.4. The fourth-order valence-corrected chi connectivity index (χ4v) is 4.96. The number of halogens is 1. The van der Waals surface area contributed by atoms with Gasteiger partial charge in [-0.1, -0.05) is 35.9 Å². The molecule has 10 heteroatoms. The molecular formula is C26H26ClN3O6. The summed E-state index contributed by atoms with van der Waals surface area (Å²) in [6, 6.07) is 11.9. The molecule has 0 aliphatic carbocycles. The number of ether oxygens (including phenoxy) is 2. The van der Waals surface area contributed by atoms with Gasteiger partial charge in [0.1, 0.15) is 0 Å². The van der Waals surface area contributed by atoms with Gasteiger partial charge in [-0.05, 0) is 43.5 Å². The third kappa shape index (κ3) is 4.72. The molecule has 0 saturated carbocycles. The zero-order chi connectivity index (χ0) is 26.1. The lowest BCUT2D eigenvalue weighted by Gasteiger charge is -2.32. The van der Waals surface area contributed by atoms with Crippen molar-refractivity contribution >= 4 is 29.2 Å². The number of nitro benzene ring substituents is 1. The number of dihydropyridines is 1. The number of non-ortho nitro benzene ring substituents is 1. The molecule has 188 valence electrons. The lowest BCUT2D eigenvalue weighted by Crippen LogP contribution is -2.37. The molecule has 0 saturated heterocycles. The molecule has 9 nitrogen and oxygen atoms in total. The monoisotopic (exact) mass is 511 g/mol. The highest BCUT2D eigenvalue weighted by Gasteiger charge is 2.40. The first-order valence-corrected chi connectivity index (χ1v) is 11.7. The Morgan fingerprint density at radius 3 is 2.22 bits per heavy atom. The van der Waals surface area contributed by atoms with Gasteiger partial charge in [0, 0.05) is 41.6 Å². The number of benzene rings is 2. The van der Waals surface area contributed by atoms with Gasteiger partial charge in [-0.2, -0.15) is 0 Å². The summed E-state index contributed by atoms with van der Waals surface area (Å²) >= 11 is 6.47. The van der Waals surface area contributed by atoms with E-state index in [2.05, 4.69) is 5.32 Å². The molecule has 2 aromatic carbocycles. The average molecular weight is 512 g/mol. The maximum atomic E-state index is 13.6. The molecule has 0 spiro atoms. The topological polar surface area (TPSA) is 111 Å². The van der Waals surface area contributed by atoms with E-state index in [-0.39, 0.29) is 27.4 Å². The Hall–Kier alpha value is -3.69. The van der Waals surface area contributed by atoms with Gasteiger partial charge >= 0.3 is 11.9 Å². The molecule has 0 bridgehead atoms. The Labute approximate surface area is 213 Å². The smallest absolute Gasteiger partial charge is 0.338 e. The molecule has 2 aliphatic rings. The zero-order valence-corrected chi connectivity index (χ0v) is 21.1. The summed E-state index contributed by atoms with van der Waals surface area (Å²) in [4.78, 5) is 39.4. The first-order valence-electron chi connectivity index (χ1n) is 11.3. The van der Waals surface area contributed by atoms with Crippen LogP contribution >= 0.6 is 11.6 Å². The number of methoxy groups -OCH3 is 1. The summed E-state index contributed by atoms with van der Waals surface area (Å²) in [6.07, 6.45) is -0.569. The van der Waals surface area contributed by atoms with Crippen molar-refractivity contribution in [1.82, 2.24) is 10.2 Å². The van der Waals surface area contributed by atoms with E-state index in [1.54, 1.807) is 20.8 Å². The van der Waals surface area contributed by atoms with Gasteiger partial charge in [-0.15, -0.1) is 0 Å². The number of nitrogens with zero attached hydrogens (tertiary/aromatic N) is 2. The average Bonchev–Trinajstić information content (AvgIpc) is 3.28. The SMILES string of the molecule is COC(=O)C1=C(C)NC(C)=C(C(=O)OC(C)N2Cc3ccccc3C2)C1c1cc([N+](=O)[O-])ccc1Cl. The van der Waals surface area contributed by atoms with Gasteiger partial charge in [0.05, 0.1) is 29.1 Å². The Bertz CT molecular complexity index is 1290. The third-order valence-corrected chi connectivity index (χ3v) is 6.89. The van der Waals surface area contributed by atoms with Crippen LogP contribution in [0.25, 0.3) is 0 Å². The van der Waals surface area contributed by atoms with Crippen molar-refractivity contribution in [1.29, 1.82) is 0 Å². The van der Waals surface area contributed by atoms with Crippen LogP contribution in [0, 0.1) is 10.1 Å². The van der Waals surface area contributed by atoms with Crippen LogP contribution in [0.15, 0.2) is 65.0 Å². The van der Waals surface area contributed by atoms with Crippen molar-refractivity contribution in [2.24, 2.45) is 0 Å². The molecule has 0 amide bonds. The van der Waals surface area contributed by atoms with Gasteiger partial charge in [-0.25, -0.2) is 9.59 Å². The summed E-state index contributed by atoms with van der Waals surface area (Å²) in [6.45, 7) is 6.40. The zero-order valence-electron chi connectivity index (χ0n) is 20.3. The van der Waals surface area contributed by atoms with Crippen LogP contribution in [0.5, 0.6) is 0 Å². The number of nitrogens with one attached hydrogen (secondary N) is 1. The van der Waals surface area contributed by atoms with E-state index in [0.29, 0.717) is 24.5 Å². The Balaban J connectivity index is 1.71. The minimum Gasteiger partial charge on any atom is -0.466 e. The number of carbonyl (C=O) groups is 2. The van der Waals surface area contributed by atoms with Crippen molar-refractivity contribution in [3.63, 3.8) is 0 Å². The van der Waals surface area contributed by atoms with Crippen molar-refractivity contribution < 1.29 is 24.0 Å². The number of carbonyl (C=O) groups excluding carboxylic acids is 2. The van der Waals surface area contributed by atoms with Gasteiger partial charge in [0.2, 0.25) is 0 Å². The van der Waals surface area contributed by atoms with Crippen LogP contribution in [0.2, 0.25) is 5.02 Å². The van der Waals surface area contributed by atoms with Crippen molar-refractivity contribution in [2.75, 3.05) is 7.11 Å². The summed E-state index contributed by atoms with van der Waals surface area (Å²) in [5, 5.41) is 14.7. The standard InChI is InChI=1S/C26H26ClN3O6/c1-14-22(25(31)35-4)24(20-11-19(30(33)34)9-10-21(20)27)23(15(2)28-14)26(32)36-16(3)29-12-17-7-5-6-8-18(17)13-29/h5-11,16,24,28H,12-13H2,1-4H3. The predicted octanol–water partition coefficient (Wildman–Crippen LogP) is 4.56. The first kappa shape index (κ1) is 25.4. The third-order valence-electron chi connectivity index (χ3n) is 6.54. The highest BCUT2D eigenvalue weighted by Crippen LogP contribution is 2.43. The van der Waals surface area contributed by atoms with E-state index < -0.39 is 29.0 Å². The molecule has 0 aromatic heterocycles. The summed E-state index contributed by atoms with van der Waals surface area (Å²) in [5.41, 5.74) is 3.51. The highest BCUT2D eigenvalue weighted by molar-refractivity contribution is 6.31. The van der Waals surface area contributed by atoms with Crippen molar-refractivity contribution in [3.8, 4) is 0 Å². The first-order chi connectivity index (χ1) is 17.1. The summed E-state index contributed by atoms with van der Waals surface area (Å²) < 4.78 is 10.9. The van der Waals surface area contributed by atoms with Gasteiger partial charge in [0.15, 0.2) is 6.23 Å². The largest absolute Gasteiger partial charge is 0.466 e. The minimum absolute atomic E-state index is 0.124. The minimum atomic E-state index is -1.03. The number of allylic oxidation sites excluding steroid dienone is 2. The Morgan fingerprint density at radius 1 is 1.08 bits per heavy atom. The Morgan fingerprint density at radius 2 is 1.67 bits per heavy atom. The van der Waals surface area contributed by atoms with E-state index in [1.807, 2.05) is 29.2 Å². The van der Waals surface area contributed by atoms with Crippen LogP contribution in [0.3, 0.4) is 0 Å². The van der Waals surface area contributed by atoms with Gasteiger partial charge < -0.3 is 14.8 Å². The fourth-order valence-electron chi connectivity index (χ4n) is 4.73. The van der Waals surface area contributed by atoms with Gasteiger partial charge in [-0.3, -0.25) is 15.0 Å².